The van der Waals surface area contributed by atoms with Crippen LogP contribution in [0.2, 0.25) is 0 Å². The maximum absolute atomic E-state index is 13.6. The summed E-state index contributed by atoms with van der Waals surface area (Å²) in [6.45, 7) is 6.13. The predicted octanol–water partition coefficient (Wildman–Crippen LogP) is 3.97. The lowest BCUT2D eigenvalue weighted by atomic mass is 10.1. The van der Waals surface area contributed by atoms with Gasteiger partial charge in [-0.05, 0) is 56.0 Å². The molecule has 2 aromatic rings. The lowest BCUT2D eigenvalue weighted by molar-refractivity contribution is -0.141. The molecule has 0 radical (unpaired) electrons. The quantitative estimate of drug-likeness (QED) is 0.362. The zero-order valence-electron chi connectivity index (χ0n) is 23.3. The molecule has 2 rings (SSSR count). The second kappa shape index (κ2) is 14.6. The molecule has 0 spiro atoms. The molecule has 0 saturated carbocycles. The van der Waals surface area contributed by atoms with E-state index >= 15 is 0 Å². The van der Waals surface area contributed by atoms with E-state index in [0.717, 1.165) is 18.2 Å². The third-order valence-electron chi connectivity index (χ3n) is 6.37. The Hall–Kier alpha value is -3.27. The van der Waals surface area contributed by atoms with Gasteiger partial charge in [0.1, 0.15) is 17.5 Å². The third kappa shape index (κ3) is 8.93. The van der Waals surface area contributed by atoms with Crippen LogP contribution < -0.4 is 19.1 Å². The number of amides is 2. The average Bonchev–Trinajstić information content (AvgIpc) is 2.90. The molecule has 0 bridgehead atoms. The summed E-state index contributed by atoms with van der Waals surface area (Å²) < 4.78 is 36.9. The van der Waals surface area contributed by atoms with Crippen LogP contribution in [0.1, 0.15) is 52.0 Å². The summed E-state index contributed by atoms with van der Waals surface area (Å²) >= 11 is 0. The molecular weight excluding hydrogens is 506 g/mol. The van der Waals surface area contributed by atoms with Crippen LogP contribution in [0.5, 0.6) is 11.5 Å². The predicted molar refractivity (Wildman–Crippen MR) is 150 cm³/mol. The fourth-order valence-corrected chi connectivity index (χ4v) is 5.05. The Morgan fingerprint density at radius 1 is 0.974 bits per heavy atom. The van der Waals surface area contributed by atoms with Crippen LogP contribution in [0.4, 0.5) is 5.69 Å². The average molecular weight is 548 g/mol. The highest BCUT2D eigenvalue weighted by molar-refractivity contribution is 7.92. The smallest absolute Gasteiger partial charge is 0.243 e. The summed E-state index contributed by atoms with van der Waals surface area (Å²) in [7, 11) is -0.503. The van der Waals surface area contributed by atoms with Gasteiger partial charge in [0.25, 0.3) is 0 Å². The SMILES string of the molecule is CC[C@H](C)NC(=O)[C@H](CC)N(Cc1cccc(OC)c1)C(=O)CCCN(c1cccc(OC)c1)S(C)(=O)=O. The molecule has 38 heavy (non-hydrogen) atoms. The summed E-state index contributed by atoms with van der Waals surface area (Å²) in [5.74, 6) is 0.772. The normalized spacial score (nSPS) is 12.8. The Kier molecular flexibility index (Phi) is 11.9. The van der Waals surface area contributed by atoms with Gasteiger partial charge in [-0.3, -0.25) is 13.9 Å². The van der Waals surface area contributed by atoms with E-state index in [-0.39, 0.29) is 43.8 Å². The first-order valence-electron chi connectivity index (χ1n) is 12.9. The molecule has 0 aliphatic carbocycles. The minimum absolute atomic E-state index is 0.0171. The van der Waals surface area contributed by atoms with E-state index < -0.39 is 16.1 Å². The molecule has 1 N–H and O–H groups in total. The zero-order valence-corrected chi connectivity index (χ0v) is 24.1. The fourth-order valence-electron chi connectivity index (χ4n) is 4.10. The monoisotopic (exact) mass is 547 g/mol. The molecule has 10 heteroatoms. The van der Waals surface area contributed by atoms with Crippen LogP contribution in [0, 0.1) is 0 Å². The lowest BCUT2D eigenvalue weighted by Crippen LogP contribution is -2.50. The summed E-state index contributed by atoms with van der Waals surface area (Å²) in [4.78, 5) is 28.3. The van der Waals surface area contributed by atoms with Crippen LogP contribution in [0.3, 0.4) is 0 Å². The highest BCUT2D eigenvalue weighted by atomic mass is 32.2. The van der Waals surface area contributed by atoms with Crippen molar-refractivity contribution in [2.24, 2.45) is 0 Å². The van der Waals surface area contributed by atoms with Crippen LogP contribution >= 0.6 is 0 Å². The topological polar surface area (TPSA) is 105 Å². The van der Waals surface area contributed by atoms with Crippen molar-refractivity contribution in [3.8, 4) is 11.5 Å². The van der Waals surface area contributed by atoms with E-state index in [1.54, 1.807) is 36.3 Å². The van der Waals surface area contributed by atoms with Crippen LogP contribution in [0.25, 0.3) is 0 Å². The molecular formula is C28H41N3O6S. The molecule has 210 valence electrons. The van der Waals surface area contributed by atoms with Crippen molar-refractivity contribution < 1.29 is 27.5 Å². The second-order valence-electron chi connectivity index (χ2n) is 9.26. The van der Waals surface area contributed by atoms with Gasteiger partial charge in [-0.1, -0.05) is 32.0 Å². The van der Waals surface area contributed by atoms with Crippen LogP contribution in [0.15, 0.2) is 48.5 Å². The minimum Gasteiger partial charge on any atom is -0.497 e. The fraction of sp³-hybridized carbons (Fsp3) is 0.500. The molecule has 9 nitrogen and oxygen atoms in total. The molecule has 0 aliphatic heterocycles. The number of carbonyl (C=O) groups is 2. The van der Waals surface area contributed by atoms with Gasteiger partial charge in [-0.25, -0.2) is 8.42 Å². The number of ether oxygens (including phenoxy) is 2. The molecule has 0 unspecified atom stereocenters. The number of methoxy groups -OCH3 is 2. The van der Waals surface area contributed by atoms with Gasteiger partial charge in [-0.2, -0.15) is 0 Å². The van der Waals surface area contributed by atoms with E-state index in [2.05, 4.69) is 5.32 Å². The van der Waals surface area contributed by atoms with Crippen molar-refractivity contribution in [2.45, 2.75) is 65.1 Å². The highest BCUT2D eigenvalue weighted by Gasteiger charge is 2.29. The number of carbonyl (C=O) groups excluding carboxylic acids is 2. The van der Waals surface area contributed by atoms with E-state index in [1.807, 2.05) is 45.0 Å². The maximum Gasteiger partial charge on any atom is 0.243 e. The van der Waals surface area contributed by atoms with Crippen molar-refractivity contribution in [1.82, 2.24) is 10.2 Å². The van der Waals surface area contributed by atoms with E-state index in [4.69, 9.17) is 9.47 Å². The number of rotatable bonds is 15. The van der Waals surface area contributed by atoms with Gasteiger partial charge in [0, 0.05) is 31.6 Å². The third-order valence-corrected chi connectivity index (χ3v) is 7.56. The van der Waals surface area contributed by atoms with E-state index in [0.29, 0.717) is 23.6 Å². The van der Waals surface area contributed by atoms with Gasteiger partial charge in [0.05, 0.1) is 26.2 Å². The van der Waals surface area contributed by atoms with Gasteiger partial charge >= 0.3 is 0 Å². The molecule has 2 atom stereocenters. The number of anilines is 1. The number of benzene rings is 2. The van der Waals surface area contributed by atoms with E-state index in [9.17, 15) is 18.0 Å². The molecule has 2 aromatic carbocycles. The number of nitrogens with zero attached hydrogens (tertiary/aromatic N) is 2. The number of hydrogen-bond donors (Lipinski definition) is 1. The summed E-state index contributed by atoms with van der Waals surface area (Å²) in [6.07, 6.45) is 2.71. The Balaban J connectivity index is 2.25. The van der Waals surface area contributed by atoms with Crippen molar-refractivity contribution in [3.05, 3.63) is 54.1 Å². The number of nitrogens with one attached hydrogen (secondary N) is 1. The molecule has 0 aromatic heterocycles. The molecule has 2 amide bonds. The number of hydrogen-bond acceptors (Lipinski definition) is 6. The van der Waals surface area contributed by atoms with Crippen molar-refractivity contribution >= 4 is 27.5 Å². The lowest BCUT2D eigenvalue weighted by Gasteiger charge is -2.32. The second-order valence-corrected chi connectivity index (χ2v) is 11.2. The van der Waals surface area contributed by atoms with Crippen LogP contribution in [-0.2, 0) is 26.2 Å². The van der Waals surface area contributed by atoms with Crippen LogP contribution in [-0.4, -0.2) is 64.2 Å². The van der Waals surface area contributed by atoms with Crippen molar-refractivity contribution in [3.63, 3.8) is 0 Å². The molecule has 0 saturated heterocycles. The summed E-state index contributed by atoms with van der Waals surface area (Å²) in [5, 5.41) is 2.99. The molecule has 0 aliphatic rings. The van der Waals surface area contributed by atoms with Gasteiger partial charge in [0.15, 0.2) is 0 Å². The maximum atomic E-state index is 13.6. The Bertz CT molecular complexity index is 1170. The summed E-state index contributed by atoms with van der Waals surface area (Å²) in [5.41, 5.74) is 1.30. The van der Waals surface area contributed by atoms with Gasteiger partial charge < -0.3 is 19.7 Å². The standard InChI is InChI=1S/C28H41N3O6S/c1-7-21(3)29-28(33)26(8-2)30(20-22-12-9-14-24(18-22)36-4)27(32)16-11-17-31(38(6,34)35)23-13-10-15-25(19-23)37-5/h9-10,12-15,18-19,21,26H,7-8,11,16-17,20H2,1-6H3,(H,29,33)/t21-,26-/m0/s1. The first-order chi connectivity index (χ1) is 18.0. The largest absolute Gasteiger partial charge is 0.497 e. The van der Waals surface area contributed by atoms with Crippen molar-refractivity contribution in [2.75, 3.05) is 31.3 Å². The first-order valence-corrected chi connectivity index (χ1v) is 14.7. The minimum atomic E-state index is -3.59. The van der Waals surface area contributed by atoms with E-state index in [1.165, 1.54) is 11.4 Å². The summed E-state index contributed by atoms with van der Waals surface area (Å²) in [6, 6.07) is 13.5. The Labute approximate surface area is 227 Å². The molecule has 0 heterocycles. The first kappa shape index (κ1) is 31.0. The van der Waals surface area contributed by atoms with Crippen molar-refractivity contribution in [1.29, 1.82) is 0 Å². The van der Waals surface area contributed by atoms with Gasteiger partial charge in [0.2, 0.25) is 21.8 Å². The molecule has 0 fully saturated rings. The number of sulfonamides is 1. The van der Waals surface area contributed by atoms with Gasteiger partial charge in [-0.15, -0.1) is 0 Å². The zero-order chi connectivity index (χ0) is 28.3. The highest BCUT2D eigenvalue weighted by Crippen LogP contribution is 2.24. The Morgan fingerprint density at radius 2 is 1.61 bits per heavy atom. The Morgan fingerprint density at radius 3 is 2.18 bits per heavy atom.